The zero-order valence-electron chi connectivity index (χ0n) is 25.0. The van der Waals surface area contributed by atoms with Crippen molar-refractivity contribution in [2.45, 2.75) is 50.7 Å². The highest BCUT2D eigenvalue weighted by molar-refractivity contribution is 8.77. The Kier molecular flexibility index (Phi) is 8.19. The first kappa shape index (κ1) is 31.8. The second-order valence-electron chi connectivity index (χ2n) is 11.7. The lowest BCUT2D eigenvalue weighted by atomic mass is 9.86. The molecule has 1 atom stereocenters. The molecule has 0 fully saturated rings. The van der Waals surface area contributed by atoms with Gasteiger partial charge in [0.15, 0.2) is 5.60 Å². The van der Waals surface area contributed by atoms with Gasteiger partial charge in [-0.15, -0.1) is 0 Å². The molecule has 0 aliphatic carbocycles. The molecule has 15 heteroatoms. The summed E-state index contributed by atoms with van der Waals surface area (Å²) in [5.41, 5.74) is -0.294. The van der Waals surface area contributed by atoms with E-state index in [4.69, 9.17) is 9.47 Å². The predicted molar refractivity (Wildman–Crippen MR) is 169 cm³/mol. The number of carbonyl (C=O) groups is 4. The second-order valence-corrected chi connectivity index (χ2v) is 14.8. The van der Waals surface area contributed by atoms with Gasteiger partial charge in [0.2, 0.25) is 0 Å². The van der Waals surface area contributed by atoms with Crippen LogP contribution in [0.25, 0.3) is 22.3 Å². The molecule has 0 bridgehead atoms. The summed E-state index contributed by atoms with van der Waals surface area (Å²) in [5.74, 6) is -1.74. The highest BCUT2D eigenvalue weighted by Gasteiger charge is 2.45. The SMILES string of the molecule is CC[C@@]1(O)C(=O)OCc2c1cc1n(c2=O)Cc2cc3cc(NC(=O)OCC(C)(C)SSCCN4C(=O)C=CC4=O)c(F)cc3nc2-1. The molecule has 1 aromatic carbocycles. The van der Waals surface area contributed by atoms with E-state index in [9.17, 15) is 29.1 Å². The van der Waals surface area contributed by atoms with Crippen LogP contribution in [0.4, 0.5) is 14.9 Å². The summed E-state index contributed by atoms with van der Waals surface area (Å²) in [6.07, 6.45) is 1.64. The summed E-state index contributed by atoms with van der Waals surface area (Å²) in [6, 6.07) is 5.94. The number of nitrogens with zero attached hydrogens (tertiary/aromatic N) is 3. The molecule has 0 spiro atoms. The minimum atomic E-state index is -1.95. The number of hydrogen-bond donors (Lipinski definition) is 2. The number of hydrogen-bond acceptors (Lipinski definition) is 11. The number of rotatable bonds is 9. The Labute approximate surface area is 269 Å². The van der Waals surface area contributed by atoms with E-state index >= 15 is 4.39 Å². The average Bonchev–Trinajstić information content (AvgIpc) is 3.54. The van der Waals surface area contributed by atoms with Crippen LogP contribution in [-0.4, -0.2) is 67.1 Å². The van der Waals surface area contributed by atoms with Gasteiger partial charge in [-0.3, -0.25) is 24.6 Å². The number of esters is 1. The molecule has 3 aliphatic rings. The smallest absolute Gasteiger partial charge is 0.411 e. The molecule has 0 unspecified atom stereocenters. The van der Waals surface area contributed by atoms with Crippen LogP contribution < -0.4 is 10.9 Å². The van der Waals surface area contributed by atoms with Crippen LogP contribution in [0.5, 0.6) is 0 Å². The number of fused-ring (bicyclic) bond motifs is 5. The number of ether oxygens (including phenoxy) is 2. The molecule has 3 aromatic rings. The molecule has 6 rings (SSSR count). The third-order valence-electron chi connectivity index (χ3n) is 7.97. The number of pyridine rings is 2. The van der Waals surface area contributed by atoms with Crippen LogP contribution in [0.15, 0.2) is 41.2 Å². The third kappa shape index (κ3) is 5.67. The van der Waals surface area contributed by atoms with E-state index in [2.05, 4.69) is 10.3 Å². The van der Waals surface area contributed by atoms with Crippen LogP contribution in [-0.2, 0) is 42.6 Å². The number of aliphatic hydroxyl groups is 1. The highest BCUT2D eigenvalue weighted by atomic mass is 33.1. The molecule has 46 heavy (non-hydrogen) atoms. The summed E-state index contributed by atoms with van der Waals surface area (Å²) in [6.45, 7) is 5.55. The number of cyclic esters (lactones) is 1. The first-order valence-corrected chi connectivity index (χ1v) is 16.7. The number of imide groups is 1. The van der Waals surface area contributed by atoms with Gasteiger partial charge in [0.25, 0.3) is 17.4 Å². The van der Waals surface area contributed by atoms with Gasteiger partial charge in [-0.2, -0.15) is 0 Å². The van der Waals surface area contributed by atoms with E-state index in [-0.39, 0.29) is 66.9 Å². The van der Waals surface area contributed by atoms with Crippen LogP contribution in [0.1, 0.15) is 43.9 Å². The number of halogens is 1. The van der Waals surface area contributed by atoms with Gasteiger partial charge in [-0.25, -0.2) is 19.0 Å². The van der Waals surface area contributed by atoms with Crippen molar-refractivity contribution in [3.8, 4) is 11.4 Å². The van der Waals surface area contributed by atoms with Gasteiger partial charge in [0, 0.05) is 47.0 Å². The van der Waals surface area contributed by atoms with E-state index in [0.29, 0.717) is 28.1 Å². The maximum Gasteiger partial charge on any atom is 0.411 e. The molecular formula is C31H29FN4O8S2. The fourth-order valence-corrected chi connectivity index (χ4v) is 7.83. The van der Waals surface area contributed by atoms with Crippen molar-refractivity contribution in [1.29, 1.82) is 0 Å². The first-order chi connectivity index (χ1) is 21.8. The van der Waals surface area contributed by atoms with Crippen molar-refractivity contribution in [3.05, 3.63) is 69.3 Å². The van der Waals surface area contributed by atoms with E-state index in [1.807, 2.05) is 13.8 Å². The van der Waals surface area contributed by atoms with Gasteiger partial charge in [0.05, 0.1) is 39.4 Å². The molecule has 240 valence electrons. The summed E-state index contributed by atoms with van der Waals surface area (Å²) >= 11 is 0. The van der Waals surface area contributed by atoms with E-state index in [1.165, 1.54) is 50.4 Å². The van der Waals surface area contributed by atoms with Crippen molar-refractivity contribution in [2.24, 2.45) is 0 Å². The number of anilines is 1. The number of nitrogens with one attached hydrogen (secondary N) is 1. The Bertz CT molecular complexity index is 1910. The lowest BCUT2D eigenvalue weighted by Gasteiger charge is -2.31. The van der Waals surface area contributed by atoms with Crippen molar-refractivity contribution >= 4 is 62.1 Å². The maximum absolute atomic E-state index is 15.2. The first-order valence-electron chi connectivity index (χ1n) is 14.4. The van der Waals surface area contributed by atoms with E-state index in [1.54, 1.807) is 19.1 Å². The standard InChI is InChI=1S/C31H29FN4O8S2/c1-4-31(42)19-11-23-26-17(13-36(23)27(39)18(19)14-43-28(31)40)9-16-10-22(20(32)12-21(16)33-26)34-29(41)44-15-30(2,3)46-45-8-7-35-24(37)5-6-25(35)38/h5-6,9-12,42H,4,7-8,13-15H2,1-3H3,(H,34,41)/t31-/m0/s1. The van der Waals surface area contributed by atoms with Gasteiger partial charge in [-0.1, -0.05) is 28.5 Å². The third-order valence-corrected chi connectivity index (χ3v) is 11.2. The Morgan fingerprint density at radius 3 is 2.63 bits per heavy atom. The molecule has 5 heterocycles. The molecule has 3 aliphatic heterocycles. The fourth-order valence-electron chi connectivity index (χ4n) is 5.49. The molecule has 12 nitrogen and oxygen atoms in total. The number of carbonyl (C=O) groups excluding carboxylic acids is 4. The maximum atomic E-state index is 15.2. The molecule has 2 aromatic heterocycles. The van der Waals surface area contributed by atoms with Crippen LogP contribution >= 0.6 is 21.6 Å². The number of aromatic nitrogens is 2. The minimum Gasteiger partial charge on any atom is -0.458 e. The quantitative estimate of drug-likeness (QED) is 0.116. The fraction of sp³-hybridized carbons (Fsp3) is 0.355. The van der Waals surface area contributed by atoms with Crippen molar-refractivity contribution in [3.63, 3.8) is 0 Å². The zero-order valence-corrected chi connectivity index (χ0v) is 26.7. The Morgan fingerprint density at radius 2 is 1.91 bits per heavy atom. The van der Waals surface area contributed by atoms with Gasteiger partial charge >= 0.3 is 12.1 Å². The van der Waals surface area contributed by atoms with Crippen LogP contribution in [0, 0.1) is 5.82 Å². The van der Waals surface area contributed by atoms with Crippen molar-refractivity contribution in [2.75, 3.05) is 24.2 Å². The summed E-state index contributed by atoms with van der Waals surface area (Å²) < 4.78 is 26.6. The van der Waals surface area contributed by atoms with Crippen LogP contribution in [0.2, 0.25) is 0 Å². The zero-order chi connectivity index (χ0) is 33.0. The lowest BCUT2D eigenvalue weighted by Crippen LogP contribution is -2.44. The van der Waals surface area contributed by atoms with Gasteiger partial charge in [-0.05, 0) is 38.5 Å². The van der Waals surface area contributed by atoms with E-state index in [0.717, 1.165) is 4.90 Å². The minimum absolute atomic E-state index is 0.00464. The summed E-state index contributed by atoms with van der Waals surface area (Å²) in [7, 11) is 2.87. The highest BCUT2D eigenvalue weighted by Crippen LogP contribution is 2.39. The normalized spacial score (nSPS) is 18.5. The van der Waals surface area contributed by atoms with Crippen molar-refractivity contribution < 1.29 is 38.1 Å². The monoisotopic (exact) mass is 668 g/mol. The van der Waals surface area contributed by atoms with Crippen LogP contribution in [0.3, 0.4) is 0 Å². The predicted octanol–water partition coefficient (Wildman–Crippen LogP) is 3.85. The number of amides is 3. The Hall–Kier alpha value is -4.21. The lowest BCUT2D eigenvalue weighted by molar-refractivity contribution is -0.172. The van der Waals surface area contributed by atoms with Gasteiger partial charge < -0.3 is 19.1 Å². The molecule has 0 saturated heterocycles. The summed E-state index contributed by atoms with van der Waals surface area (Å²) in [5, 5.41) is 14.0. The molecule has 3 amide bonds. The average molecular weight is 669 g/mol. The van der Waals surface area contributed by atoms with E-state index < -0.39 is 33.8 Å². The van der Waals surface area contributed by atoms with Gasteiger partial charge in [0.1, 0.15) is 19.0 Å². The van der Waals surface area contributed by atoms with Crippen molar-refractivity contribution in [1.82, 2.24) is 14.5 Å². The Morgan fingerprint density at radius 1 is 1.17 bits per heavy atom. The topological polar surface area (TPSA) is 157 Å². The second kappa shape index (κ2) is 11.9. The summed E-state index contributed by atoms with van der Waals surface area (Å²) in [4.78, 5) is 67.5. The number of benzene rings is 1. The molecule has 2 N–H and O–H groups in total. The molecule has 0 radical (unpaired) electrons. The largest absolute Gasteiger partial charge is 0.458 e. The molecular weight excluding hydrogens is 639 g/mol. The Balaban J connectivity index is 1.13. The molecule has 0 saturated carbocycles.